The topological polar surface area (TPSA) is 89.0 Å². The van der Waals surface area contributed by atoms with E-state index < -0.39 is 0 Å². The number of benzene rings is 1. The van der Waals surface area contributed by atoms with Gasteiger partial charge in [0.05, 0.1) is 22.6 Å². The maximum atomic E-state index is 12.2. The molecule has 0 radical (unpaired) electrons. The molecule has 3 rings (SSSR count). The van der Waals surface area contributed by atoms with E-state index in [1.54, 1.807) is 0 Å². The molecule has 0 saturated heterocycles. The SMILES string of the molecule is CCOc1ccc2nc(NC(=O)CSc3nnc(NCC(C)C)s3)sc2c1. The Morgan fingerprint density at radius 1 is 1.26 bits per heavy atom. The molecule has 0 bridgehead atoms. The summed E-state index contributed by atoms with van der Waals surface area (Å²) in [6.07, 6.45) is 0. The van der Waals surface area contributed by atoms with Gasteiger partial charge in [0.25, 0.3) is 0 Å². The highest BCUT2D eigenvalue weighted by molar-refractivity contribution is 8.01. The predicted molar refractivity (Wildman–Crippen MR) is 113 cm³/mol. The number of carbonyl (C=O) groups is 1. The van der Waals surface area contributed by atoms with Crippen LogP contribution in [-0.4, -0.2) is 40.0 Å². The zero-order chi connectivity index (χ0) is 19.2. The van der Waals surface area contributed by atoms with Gasteiger partial charge in [0, 0.05) is 6.54 Å². The third kappa shape index (κ3) is 5.78. The number of ether oxygens (including phenoxy) is 1. The van der Waals surface area contributed by atoms with Gasteiger partial charge in [-0.3, -0.25) is 4.79 Å². The summed E-state index contributed by atoms with van der Waals surface area (Å²) in [4.78, 5) is 16.6. The van der Waals surface area contributed by atoms with Gasteiger partial charge in [-0.1, -0.05) is 48.3 Å². The molecule has 7 nitrogen and oxygen atoms in total. The Kier molecular flexibility index (Phi) is 6.86. The number of hydrogen-bond donors (Lipinski definition) is 2. The van der Waals surface area contributed by atoms with Crippen LogP contribution in [0.1, 0.15) is 20.8 Å². The molecule has 27 heavy (non-hydrogen) atoms. The molecule has 0 saturated carbocycles. The van der Waals surface area contributed by atoms with Crippen LogP contribution in [0.5, 0.6) is 5.75 Å². The molecule has 0 atom stereocenters. The molecule has 10 heteroatoms. The van der Waals surface area contributed by atoms with E-state index in [-0.39, 0.29) is 11.7 Å². The number of carbonyl (C=O) groups excluding carboxylic acids is 1. The molecule has 2 N–H and O–H groups in total. The maximum Gasteiger partial charge on any atom is 0.236 e. The fraction of sp³-hybridized carbons (Fsp3) is 0.412. The summed E-state index contributed by atoms with van der Waals surface area (Å²) >= 11 is 4.26. The minimum Gasteiger partial charge on any atom is -0.494 e. The van der Waals surface area contributed by atoms with Crippen molar-refractivity contribution < 1.29 is 9.53 Å². The number of rotatable bonds is 9. The zero-order valence-corrected chi connectivity index (χ0v) is 17.8. The first kappa shape index (κ1) is 19.8. The Balaban J connectivity index is 1.52. The van der Waals surface area contributed by atoms with Crippen LogP contribution in [-0.2, 0) is 4.79 Å². The lowest BCUT2D eigenvalue weighted by molar-refractivity contribution is -0.113. The van der Waals surface area contributed by atoms with Crippen molar-refractivity contribution in [1.29, 1.82) is 0 Å². The van der Waals surface area contributed by atoms with Gasteiger partial charge in [0.15, 0.2) is 9.47 Å². The highest BCUT2D eigenvalue weighted by Crippen LogP contribution is 2.30. The van der Waals surface area contributed by atoms with Crippen LogP contribution >= 0.6 is 34.4 Å². The van der Waals surface area contributed by atoms with Gasteiger partial charge in [-0.2, -0.15) is 0 Å². The fourth-order valence-corrected chi connectivity index (χ4v) is 4.60. The van der Waals surface area contributed by atoms with Crippen molar-refractivity contribution >= 4 is 60.8 Å². The second-order valence-corrected chi connectivity index (χ2v) is 9.30. The summed E-state index contributed by atoms with van der Waals surface area (Å²) < 4.78 is 7.24. The fourth-order valence-electron chi connectivity index (χ4n) is 2.13. The number of nitrogens with one attached hydrogen (secondary N) is 2. The van der Waals surface area contributed by atoms with Crippen LogP contribution < -0.4 is 15.4 Å². The molecule has 144 valence electrons. The summed E-state index contributed by atoms with van der Waals surface area (Å²) in [6.45, 7) is 7.68. The minimum absolute atomic E-state index is 0.115. The minimum atomic E-state index is -0.115. The normalized spacial score (nSPS) is 11.1. The van der Waals surface area contributed by atoms with E-state index >= 15 is 0 Å². The summed E-state index contributed by atoms with van der Waals surface area (Å²) in [5, 5.41) is 15.6. The Morgan fingerprint density at radius 3 is 2.89 bits per heavy atom. The first-order valence-corrected chi connectivity index (χ1v) is 11.2. The molecule has 1 aromatic carbocycles. The number of fused-ring (bicyclic) bond motifs is 1. The lowest BCUT2D eigenvalue weighted by Crippen LogP contribution is -2.13. The smallest absolute Gasteiger partial charge is 0.236 e. The van der Waals surface area contributed by atoms with Crippen molar-refractivity contribution in [3.63, 3.8) is 0 Å². The summed E-state index contributed by atoms with van der Waals surface area (Å²) in [5.41, 5.74) is 0.844. The maximum absolute atomic E-state index is 12.2. The van der Waals surface area contributed by atoms with Crippen LogP contribution in [0, 0.1) is 5.92 Å². The van der Waals surface area contributed by atoms with Crippen LogP contribution in [0.2, 0.25) is 0 Å². The second-order valence-electron chi connectivity index (χ2n) is 6.07. The van der Waals surface area contributed by atoms with Crippen LogP contribution in [0.4, 0.5) is 10.3 Å². The van der Waals surface area contributed by atoms with Crippen molar-refractivity contribution in [3.8, 4) is 5.75 Å². The van der Waals surface area contributed by atoms with Crippen molar-refractivity contribution in [3.05, 3.63) is 18.2 Å². The molecule has 2 aromatic heterocycles. The van der Waals surface area contributed by atoms with Crippen LogP contribution in [0.3, 0.4) is 0 Å². The monoisotopic (exact) mass is 423 g/mol. The molecule has 0 unspecified atom stereocenters. The van der Waals surface area contributed by atoms with Crippen molar-refractivity contribution in [2.45, 2.75) is 25.1 Å². The lowest BCUT2D eigenvalue weighted by atomic mass is 10.2. The van der Waals surface area contributed by atoms with E-state index in [1.807, 2.05) is 25.1 Å². The molecule has 3 aromatic rings. The lowest BCUT2D eigenvalue weighted by Gasteiger charge is -2.03. The van der Waals surface area contributed by atoms with Gasteiger partial charge in [-0.15, -0.1) is 10.2 Å². The highest BCUT2D eigenvalue weighted by Gasteiger charge is 2.11. The van der Waals surface area contributed by atoms with Crippen LogP contribution in [0.25, 0.3) is 10.2 Å². The van der Waals surface area contributed by atoms with Gasteiger partial charge in [-0.05, 0) is 31.0 Å². The quantitative estimate of drug-likeness (QED) is 0.495. The van der Waals surface area contributed by atoms with E-state index in [0.717, 1.165) is 32.0 Å². The number of anilines is 2. The first-order valence-electron chi connectivity index (χ1n) is 8.57. The molecular weight excluding hydrogens is 402 g/mol. The molecule has 0 fully saturated rings. The Morgan fingerprint density at radius 2 is 2.11 bits per heavy atom. The van der Waals surface area contributed by atoms with Gasteiger partial charge in [-0.25, -0.2) is 4.98 Å². The zero-order valence-electron chi connectivity index (χ0n) is 15.3. The third-order valence-corrected chi connectivity index (χ3v) is 6.26. The highest BCUT2D eigenvalue weighted by atomic mass is 32.2. The summed E-state index contributed by atoms with van der Waals surface area (Å²) in [6, 6.07) is 5.72. The van der Waals surface area contributed by atoms with Crippen molar-refractivity contribution in [2.75, 3.05) is 29.5 Å². The number of aromatic nitrogens is 3. The number of thioether (sulfide) groups is 1. The van der Waals surface area contributed by atoms with Gasteiger partial charge < -0.3 is 15.4 Å². The number of thiazole rings is 1. The molecule has 0 aliphatic carbocycles. The summed E-state index contributed by atoms with van der Waals surface area (Å²) in [5.74, 6) is 1.49. The van der Waals surface area contributed by atoms with E-state index in [4.69, 9.17) is 4.74 Å². The second kappa shape index (κ2) is 9.34. The van der Waals surface area contributed by atoms with E-state index in [9.17, 15) is 4.79 Å². The van der Waals surface area contributed by atoms with Crippen molar-refractivity contribution in [1.82, 2.24) is 15.2 Å². The Labute approximate surface area is 169 Å². The predicted octanol–water partition coefficient (Wildman–Crippen LogP) is 4.35. The van der Waals surface area contributed by atoms with Gasteiger partial charge >= 0.3 is 0 Å². The van der Waals surface area contributed by atoms with E-state index in [2.05, 4.69) is 39.7 Å². The van der Waals surface area contributed by atoms with E-state index in [1.165, 1.54) is 34.4 Å². The largest absolute Gasteiger partial charge is 0.494 e. The van der Waals surface area contributed by atoms with Gasteiger partial charge in [0.1, 0.15) is 5.75 Å². The molecule has 0 aliphatic rings. The number of hydrogen-bond acceptors (Lipinski definition) is 9. The molecule has 0 aliphatic heterocycles. The average Bonchev–Trinajstić information content (AvgIpc) is 3.24. The Hall–Kier alpha value is -1.91. The third-order valence-electron chi connectivity index (χ3n) is 3.31. The average molecular weight is 424 g/mol. The molecular formula is C17H21N5O2S3. The summed E-state index contributed by atoms with van der Waals surface area (Å²) in [7, 11) is 0. The number of amides is 1. The van der Waals surface area contributed by atoms with E-state index in [0.29, 0.717) is 17.7 Å². The first-order chi connectivity index (χ1) is 13.0. The Bertz CT molecular complexity index is 909. The standard InChI is InChI=1S/C17H21N5O2S3/c1-4-24-11-5-6-12-13(7-11)26-16(19-12)20-14(23)9-25-17-22-21-15(27-17)18-8-10(2)3/h5-7,10H,4,8-9H2,1-3H3,(H,18,21)(H,19,20,23). The molecule has 2 heterocycles. The van der Waals surface area contributed by atoms with Crippen molar-refractivity contribution in [2.24, 2.45) is 5.92 Å². The van der Waals surface area contributed by atoms with Crippen LogP contribution in [0.15, 0.2) is 22.5 Å². The van der Waals surface area contributed by atoms with Gasteiger partial charge in [0.2, 0.25) is 11.0 Å². The number of nitrogens with zero attached hydrogens (tertiary/aromatic N) is 3. The molecule has 0 spiro atoms. The molecule has 1 amide bonds.